The van der Waals surface area contributed by atoms with Crippen molar-refractivity contribution in [2.24, 2.45) is 0 Å². The van der Waals surface area contributed by atoms with Crippen LogP contribution >= 0.6 is 11.6 Å². The molecule has 1 aliphatic rings. The molecule has 2 heterocycles. The lowest BCUT2D eigenvalue weighted by Crippen LogP contribution is -2.48. The van der Waals surface area contributed by atoms with E-state index in [1.54, 1.807) is 42.5 Å². The molecule has 0 bridgehead atoms. The quantitative estimate of drug-likeness (QED) is 0.642. The third-order valence-electron chi connectivity index (χ3n) is 5.12. The molecule has 3 aromatic rings. The molecule has 30 heavy (non-hydrogen) atoms. The first-order chi connectivity index (χ1) is 14.4. The van der Waals surface area contributed by atoms with Gasteiger partial charge in [0.05, 0.1) is 29.5 Å². The number of benzene rings is 2. The molecule has 1 saturated heterocycles. The van der Waals surface area contributed by atoms with Crippen LogP contribution < -0.4 is 10.3 Å². The van der Waals surface area contributed by atoms with Gasteiger partial charge in [-0.2, -0.15) is 4.31 Å². The van der Waals surface area contributed by atoms with Gasteiger partial charge in [0.1, 0.15) is 11.6 Å². The fraction of sp³-hybridized carbons (Fsp3) is 0.300. The lowest BCUT2D eigenvalue weighted by molar-refractivity contribution is 0.178. The molecule has 4 rings (SSSR count). The van der Waals surface area contributed by atoms with Gasteiger partial charge in [-0.3, -0.25) is 9.69 Å². The highest BCUT2D eigenvalue weighted by Crippen LogP contribution is 2.21. The number of sulfonamides is 1. The molecular weight excluding hydrogens is 428 g/mol. The molecule has 1 aromatic heterocycles. The summed E-state index contributed by atoms with van der Waals surface area (Å²) in [5, 5.41) is 1.00. The van der Waals surface area contributed by atoms with Crippen molar-refractivity contribution in [3.05, 3.63) is 63.7 Å². The summed E-state index contributed by atoms with van der Waals surface area (Å²) in [5.41, 5.74) is 0.328. The molecule has 1 aliphatic heterocycles. The van der Waals surface area contributed by atoms with Crippen LogP contribution in [0.25, 0.3) is 10.9 Å². The van der Waals surface area contributed by atoms with Crippen molar-refractivity contribution in [2.75, 3.05) is 33.3 Å². The van der Waals surface area contributed by atoms with Crippen LogP contribution in [0.2, 0.25) is 5.02 Å². The molecule has 0 amide bonds. The van der Waals surface area contributed by atoms with Crippen molar-refractivity contribution < 1.29 is 13.2 Å². The summed E-state index contributed by atoms with van der Waals surface area (Å²) in [6, 6.07) is 11.3. The summed E-state index contributed by atoms with van der Waals surface area (Å²) in [5.74, 6) is 1.14. The van der Waals surface area contributed by atoms with Gasteiger partial charge in [-0.1, -0.05) is 11.6 Å². The standard InChI is InChI=1S/C20H21ClN4O4S/c1-29-15-3-5-16(6-4-15)30(27,28)25-10-8-24(9-11-25)13-19-22-18-12-14(21)2-7-17(18)20(26)23-19/h2-7,12H,8-11,13H2,1H3,(H,22,23,26). The number of hydrogen-bond donors (Lipinski definition) is 1. The Morgan fingerprint density at radius 3 is 2.47 bits per heavy atom. The van der Waals surface area contributed by atoms with Crippen LogP contribution in [-0.2, 0) is 16.6 Å². The van der Waals surface area contributed by atoms with Crippen molar-refractivity contribution >= 4 is 32.5 Å². The number of nitrogens with one attached hydrogen (secondary N) is 1. The van der Waals surface area contributed by atoms with E-state index in [0.29, 0.717) is 60.2 Å². The van der Waals surface area contributed by atoms with Crippen LogP contribution in [0.4, 0.5) is 0 Å². The summed E-state index contributed by atoms with van der Waals surface area (Å²) < 4.78 is 32.3. The second-order valence-corrected chi connectivity index (χ2v) is 9.40. The molecule has 1 N–H and O–H groups in total. The molecule has 0 saturated carbocycles. The van der Waals surface area contributed by atoms with Crippen LogP contribution in [0.1, 0.15) is 5.82 Å². The third-order valence-corrected chi connectivity index (χ3v) is 7.27. The largest absolute Gasteiger partial charge is 0.497 e. The molecule has 1 fully saturated rings. The van der Waals surface area contributed by atoms with E-state index in [1.807, 2.05) is 0 Å². The Bertz CT molecular complexity index is 1220. The van der Waals surface area contributed by atoms with Gasteiger partial charge < -0.3 is 9.72 Å². The fourth-order valence-electron chi connectivity index (χ4n) is 3.47. The van der Waals surface area contributed by atoms with E-state index in [-0.39, 0.29) is 10.5 Å². The highest BCUT2D eigenvalue weighted by molar-refractivity contribution is 7.89. The molecule has 2 aromatic carbocycles. The van der Waals surface area contributed by atoms with Gasteiger partial charge in [0.2, 0.25) is 10.0 Å². The van der Waals surface area contributed by atoms with Gasteiger partial charge in [0.15, 0.2) is 0 Å². The van der Waals surface area contributed by atoms with Crippen LogP contribution in [0, 0.1) is 0 Å². The number of fused-ring (bicyclic) bond motifs is 1. The maximum Gasteiger partial charge on any atom is 0.258 e. The third kappa shape index (κ3) is 4.20. The Hall–Kier alpha value is -2.46. The van der Waals surface area contributed by atoms with Crippen LogP contribution in [0.5, 0.6) is 5.75 Å². The summed E-state index contributed by atoms with van der Waals surface area (Å²) in [6.07, 6.45) is 0. The average molecular weight is 449 g/mol. The number of aromatic amines is 1. The van der Waals surface area contributed by atoms with Gasteiger partial charge in [-0.15, -0.1) is 0 Å². The number of ether oxygens (including phenoxy) is 1. The predicted molar refractivity (Wildman–Crippen MR) is 114 cm³/mol. The Morgan fingerprint density at radius 1 is 1.10 bits per heavy atom. The number of hydrogen-bond acceptors (Lipinski definition) is 6. The van der Waals surface area contributed by atoms with Crippen molar-refractivity contribution in [3.63, 3.8) is 0 Å². The monoisotopic (exact) mass is 448 g/mol. The smallest absolute Gasteiger partial charge is 0.258 e. The Balaban J connectivity index is 1.44. The second-order valence-electron chi connectivity index (χ2n) is 7.03. The van der Waals surface area contributed by atoms with Crippen LogP contribution in [-0.4, -0.2) is 60.9 Å². The normalized spacial score (nSPS) is 16.1. The zero-order valence-electron chi connectivity index (χ0n) is 16.3. The van der Waals surface area contributed by atoms with E-state index in [0.717, 1.165) is 0 Å². The van der Waals surface area contributed by atoms with E-state index in [4.69, 9.17) is 16.3 Å². The number of methoxy groups -OCH3 is 1. The summed E-state index contributed by atoms with van der Waals surface area (Å²) in [7, 11) is -2.02. The van der Waals surface area contributed by atoms with Gasteiger partial charge >= 0.3 is 0 Å². The molecule has 0 radical (unpaired) electrons. The SMILES string of the molecule is COc1ccc(S(=O)(=O)N2CCN(Cc3nc4cc(Cl)ccc4c(=O)[nH]3)CC2)cc1. The van der Waals surface area contributed by atoms with Crippen molar-refractivity contribution in [2.45, 2.75) is 11.4 Å². The highest BCUT2D eigenvalue weighted by atomic mass is 35.5. The van der Waals surface area contributed by atoms with Gasteiger partial charge in [-0.25, -0.2) is 13.4 Å². The minimum Gasteiger partial charge on any atom is -0.497 e. The molecule has 0 unspecified atom stereocenters. The van der Waals surface area contributed by atoms with E-state index in [9.17, 15) is 13.2 Å². The second kappa shape index (κ2) is 8.35. The van der Waals surface area contributed by atoms with Crippen molar-refractivity contribution in [1.82, 2.24) is 19.2 Å². The first-order valence-electron chi connectivity index (χ1n) is 9.42. The van der Waals surface area contributed by atoms with E-state index < -0.39 is 10.0 Å². The Kier molecular flexibility index (Phi) is 5.79. The average Bonchev–Trinajstić information content (AvgIpc) is 2.74. The van der Waals surface area contributed by atoms with Crippen LogP contribution in [0.15, 0.2) is 52.2 Å². The summed E-state index contributed by atoms with van der Waals surface area (Å²) >= 11 is 6.01. The Labute approximate surface area is 179 Å². The number of nitrogens with zero attached hydrogens (tertiary/aromatic N) is 3. The van der Waals surface area contributed by atoms with Gasteiger partial charge in [-0.05, 0) is 42.5 Å². The number of piperazine rings is 1. The van der Waals surface area contributed by atoms with Crippen LogP contribution in [0.3, 0.4) is 0 Å². The first kappa shape index (κ1) is 20.8. The van der Waals surface area contributed by atoms with E-state index in [2.05, 4.69) is 14.9 Å². The maximum absolute atomic E-state index is 12.9. The van der Waals surface area contributed by atoms with E-state index in [1.165, 1.54) is 11.4 Å². The minimum atomic E-state index is -3.56. The van der Waals surface area contributed by atoms with Gasteiger partial charge in [0.25, 0.3) is 5.56 Å². The lowest BCUT2D eigenvalue weighted by Gasteiger charge is -2.33. The number of rotatable bonds is 5. The molecular formula is C20H21ClN4O4S. The molecule has 10 heteroatoms. The van der Waals surface area contributed by atoms with Gasteiger partial charge in [0, 0.05) is 31.2 Å². The van der Waals surface area contributed by atoms with E-state index >= 15 is 0 Å². The molecule has 0 aliphatic carbocycles. The van der Waals surface area contributed by atoms with Crippen molar-refractivity contribution in [3.8, 4) is 5.75 Å². The maximum atomic E-state index is 12.9. The topological polar surface area (TPSA) is 95.6 Å². The minimum absolute atomic E-state index is 0.215. The highest BCUT2D eigenvalue weighted by Gasteiger charge is 2.28. The zero-order valence-corrected chi connectivity index (χ0v) is 17.9. The Morgan fingerprint density at radius 2 is 1.80 bits per heavy atom. The summed E-state index contributed by atoms with van der Waals surface area (Å²) in [6.45, 7) is 2.21. The first-order valence-corrected chi connectivity index (χ1v) is 11.2. The lowest BCUT2D eigenvalue weighted by atomic mass is 10.2. The number of aromatic nitrogens is 2. The predicted octanol–water partition coefficient (Wildman–Crippen LogP) is 2.09. The number of H-pyrrole nitrogens is 1. The zero-order chi connectivity index (χ0) is 21.3. The molecule has 0 spiro atoms. The number of halogens is 1. The molecule has 158 valence electrons. The summed E-state index contributed by atoms with van der Waals surface area (Å²) in [4.78, 5) is 21.9. The molecule has 8 nitrogen and oxygen atoms in total. The van der Waals surface area contributed by atoms with Crippen molar-refractivity contribution in [1.29, 1.82) is 0 Å². The fourth-order valence-corrected chi connectivity index (χ4v) is 5.06. The molecule has 0 atom stereocenters.